The Labute approximate surface area is 190 Å². The summed E-state index contributed by atoms with van der Waals surface area (Å²) in [5, 5.41) is 13.2. The lowest BCUT2D eigenvalue weighted by atomic mass is 10.0. The van der Waals surface area contributed by atoms with Crippen molar-refractivity contribution in [3.8, 4) is 11.5 Å². The lowest BCUT2D eigenvalue weighted by Gasteiger charge is -2.41. The van der Waals surface area contributed by atoms with Crippen molar-refractivity contribution in [2.75, 3.05) is 40.4 Å². The number of ether oxygens (including phenoxy) is 2. The van der Waals surface area contributed by atoms with Gasteiger partial charge in [0.2, 0.25) is 0 Å². The molecular formula is C24H36N6O2. The molecule has 0 N–H and O–H groups in total. The van der Waals surface area contributed by atoms with Gasteiger partial charge in [-0.1, -0.05) is 31.7 Å². The van der Waals surface area contributed by atoms with Crippen molar-refractivity contribution in [2.45, 2.75) is 69.5 Å². The lowest BCUT2D eigenvalue weighted by Crippen LogP contribution is -2.51. The van der Waals surface area contributed by atoms with Crippen molar-refractivity contribution in [1.82, 2.24) is 30.0 Å². The maximum Gasteiger partial charge on any atom is 0.173 e. The molecule has 5 rings (SSSR count). The van der Waals surface area contributed by atoms with Gasteiger partial charge >= 0.3 is 0 Å². The van der Waals surface area contributed by atoms with E-state index >= 15 is 0 Å². The van der Waals surface area contributed by atoms with Crippen LogP contribution in [0.1, 0.15) is 74.8 Å². The Morgan fingerprint density at radius 3 is 2.16 bits per heavy atom. The molecule has 2 aromatic rings. The average molecular weight is 441 g/mol. The molecule has 8 heteroatoms. The van der Waals surface area contributed by atoms with Crippen molar-refractivity contribution < 1.29 is 9.47 Å². The summed E-state index contributed by atoms with van der Waals surface area (Å²) in [5.74, 6) is 2.45. The van der Waals surface area contributed by atoms with Gasteiger partial charge in [0, 0.05) is 32.2 Å². The minimum absolute atomic E-state index is 0.0103. The smallest absolute Gasteiger partial charge is 0.173 e. The van der Waals surface area contributed by atoms with Crippen molar-refractivity contribution in [1.29, 1.82) is 0 Å². The third kappa shape index (κ3) is 4.22. The largest absolute Gasteiger partial charge is 0.493 e. The predicted molar refractivity (Wildman–Crippen MR) is 122 cm³/mol. The molecule has 174 valence electrons. The molecule has 1 atom stereocenters. The van der Waals surface area contributed by atoms with E-state index in [-0.39, 0.29) is 6.04 Å². The van der Waals surface area contributed by atoms with Gasteiger partial charge in [0.05, 0.1) is 26.3 Å². The molecule has 0 amide bonds. The average Bonchev–Trinajstić information content (AvgIpc) is 3.62. The number of nitrogens with zero attached hydrogens (tertiary/aromatic N) is 6. The number of methoxy groups -OCH3 is 2. The van der Waals surface area contributed by atoms with Crippen molar-refractivity contribution in [2.24, 2.45) is 0 Å². The first-order chi connectivity index (χ1) is 15.8. The third-order valence-corrected chi connectivity index (χ3v) is 7.71. The molecule has 2 aliphatic carbocycles. The fourth-order valence-electron chi connectivity index (χ4n) is 5.97. The van der Waals surface area contributed by atoms with Crippen LogP contribution >= 0.6 is 0 Å². The van der Waals surface area contributed by atoms with Crippen LogP contribution in [-0.4, -0.2) is 76.4 Å². The Hall–Kier alpha value is -2.19. The highest BCUT2D eigenvalue weighted by Gasteiger charge is 2.35. The van der Waals surface area contributed by atoms with E-state index in [1.165, 1.54) is 38.5 Å². The maximum atomic E-state index is 5.64. The number of hydrogen-bond donors (Lipinski definition) is 0. The fraction of sp³-hybridized carbons (Fsp3) is 0.708. The van der Waals surface area contributed by atoms with E-state index < -0.39 is 0 Å². The Morgan fingerprint density at radius 2 is 1.50 bits per heavy atom. The summed E-state index contributed by atoms with van der Waals surface area (Å²) >= 11 is 0. The Bertz CT molecular complexity index is 882. The number of rotatable bonds is 7. The molecule has 0 spiro atoms. The second kappa shape index (κ2) is 9.75. The van der Waals surface area contributed by atoms with Gasteiger partial charge in [0.15, 0.2) is 17.3 Å². The van der Waals surface area contributed by atoms with Crippen molar-refractivity contribution in [3.63, 3.8) is 0 Å². The van der Waals surface area contributed by atoms with Gasteiger partial charge in [-0.3, -0.25) is 9.80 Å². The molecule has 32 heavy (non-hydrogen) atoms. The summed E-state index contributed by atoms with van der Waals surface area (Å²) in [4.78, 5) is 5.26. The van der Waals surface area contributed by atoms with Gasteiger partial charge in [0.1, 0.15) is 0 Å². The summed E-state index contributed by atoms with van der Waals surface area (Å²) in [5.41, 5.74) is 1.16. The van der Waals surface area contributed by atoms with Gasteiger partial charge in [-0.15, -0.1) is 5.10 Å². The summed E-state index contributed by atoms with van der Waals surface area (Å²) < 4.78 is 13.2. The zero-order chi connectivity index (χ0) is 21.9. The molecule has 0 unspecified atom stereocenters. The van der Waals surface area contributed by atoms with Crippen molar-refractivity contribution >= 4 is 0 Å². The number of aromatic nitrogens is 4. The predicted octanol–water partition coefficient (Wildman–Crippen LogP) is 3.46. The SMILES string of the molecule is COc1ccc([C@H](c2nnnn2C2CCCC2)N2CCN(C3CCCC3)CC2)cc1OC. The molecule has 1 aliphatic heterocycles. The van der Waals surface area contributed by atoms with E-state index in [9.17, 15) is 0 Å². The molecule has 1 aromatic heterocycles. The molecule has 2 saturated carbocycles. The minimum Gasteiger partial charge on any atom is -0.493 e. The van der Waals surface area contributed by atoms with E-state index in [2.05, 4.69) is 42.1 Å². The molecular weight excluding hydrogens is 404 g/mol. The first kappa shape index (κ1) is 21.6. The van der Waals surface area contributed by atoms with Gasteiger partial charge in [0.25, 0.3) is 0 Å². The van der Waals surface area contributed by atoms with E-state index in [4.69, 9.17) is 9.47 Å². The molecule has 1 saturated heterocycles. The van der Waals surface area contributed by atoms with Gasteiger partial charge < -0.3 is 9.47 Å². The second-order valence-electron chi connectivity index (χ2n) is 9.45. The van der Waals surface area contributed by atoms with E-state index in [1.54, 1.807) is 14.2 Å². The monoisotopic (exact) mass is 440 g/mol. The Morgan fingerprint density at radius 1 is 0.844 bits per heavy atom. The fourth-order valence-corrected chi connectivity index (χ4v) is 5.97. The standard InChI is InChI=1S/C24H36N6O2/c1-31-21-12-11-18(17-22(21)32-2)23(24-25-26-27-30(24)20-9-5-6-10-20)29-15-13-28(14-16-29)19-7-3-4-8-19/h11-12,17,19-20,23H,3-10,13-16H2,1-2H3/t23-/m1/s1. The lowest BCUT2D eigenvalue weighted by molar-refractivity contribution is 0.0764. The zero-order valence-electron chi connectivity index (χ0n) is 19.4. The van der Waals surface area contributed by atoms with Crippen LogP contribution in [0.3, 0.4) is 0 Å². The Balaban J connectivity index is 1.45. The first-order valence-corrected chi connectivity index (χ1v) is 12.3. The summed E-state index contributed by atoms with van der Waals surface area (Å²) in [6.45, 7) is 4.26. The van der Waals surface area contributed by atoms with Gasteiger partial charge in [-0.25, -0.2) is 4.68 Å². The topological polar surface area (TPSA) is 68.5 Å². The maximum absolute atomic E-state index is 5.64. The summed E-state index contributed by atoms with van der Waals surface area (Å²) in [7, 11) is 3.37. The number of tetrazole rings is 1. The van der Waals surface area contributed by atoms with Crippen molar-refractivity contribution in [3.05, 3.63) is 29.6 Å². The van der Waals surface area contributed by atoms with Crippen LogP contribution in [0.4, 0.5) is 0 Å². The van der Waals surface area contributed by atoms with Gasteiger partial charge in [-0.05, 0) is 53.8 Å². The summed E-state index contributed by atoms with van der Waals surface area (Å²) in [6.07, 6.45) is 10.3. The van der Waals surface area contributed by atoms with Crippen LogP contribution in [0.5, 0.6) is 11.5 Å². The molecule has 3 aliphatic rings. The second-order valence-corrected chi connectivity index (χ2v) is 9.45. The first-order valence-electron chi connectivity index (χ1n) is 12.3. The van der Waals surface area contributed by atoms with E-state index in [0.717, 1.165) is 67.9 Å². The zero-order valence-corrected chi connectivity index (χ0v) is 19.4. The van der Waals surface area contributed by atoms with Crippen LogP contribution in [0, 0.1) is 0 Å². The minimum atomic E-state index is 0.0103. The summed E-state index contributed by atoms with van der Waals surface area (Å²) in [6, 6.07) is 7.43. The van der Waals surface area contributed by atoms with Crippen LogP contribution in [0.2, 0.25) is 0 Å². The Kier molecular flexibility index (Phi) is 6.59. The van der Waals surface area contributed by atoms with E-state index in [1.807, 2.05) is 6.07 Å². The van der Waals surface area contributed by atoms with Crippen LogP contribution in [0.25, 0.3) is 0 Å². The van der Waals surface area contributed by atoms with E-state index in [0.29, 0.717) is 6.04 Å². The number of hydrogen-bond acceptors (Lipinski definition) is 7. The molecule has 8 nitrogen and oxygen atoms in total. The van der Waals surface area contributed by atoms with Crippen LogP contribution in [0.15, 0.2) is 18.2 Å². The third-order valence-electron chi connectivity index (χ3n) is 7.71. The molecule has 0 radical (unpaired) electrons. The highest BCUT2D eigenvalue weighted by molar-refractivity contribution is 5.45. The highest BCUT2D eigenvalue weighted by atomic mass is 16.5. The molecule has 3 fully saturated rings. The number of piperazine rings is 1. The molecule has 0 bridgehead atoms. The van der Waals surface area contributed by atoms with Crippen LogP contribution < -0.4 is 9.47 Å². The van der Waals surface area contributed by atoms with Gasteiger partial charge in [-0.2, -0.15) is 0 Å². The number of benzene rings is 1. The quantitative estimate of drug-likeness (QED) is 0.653. The molecule has 2 heterocycles. The van der Waals surface area contributed by atoms with Crippen LogP contribution in [-0.2, 0) is 0 Å². The normalized spacial score (nSPS) is 22.4. The molecule has 1 aromatic carbocycles. The highest BCUT2D eigenvalue weighted by Crippen LogP contribution is 2.38.